The summed E-state index contributed by atoms with van der Waals surface area (Å²) >= 11 is 0. The van der Waals surface area contributed by atoms with Gasteiger partial charge in [-0.1, -0.05) is 5.16 Å². The van der Waals surface area contributed by atoms with Crippen LogP contribution in [0.2, 0.25) is 0 Å². The van der Waals surface area contributed by atoms with Crippen LogP contribution >= 0.6 is 0 Å². The van der Waals surface area contributed by atoms with Crippen molar-refractivity contribution in [3.8, 4) is 0 Å². The fourth-order valence-corrected chi connectivity index (χ4v) is 4.18. The van der Waals surface area contributed by atoms with E-state index in [0.29, 0.717) is 32.4 Å². The molecule has 31 heavy (non-hydrogen) atoms. The maximum atomic E-state index is 13.3. The summed E-state index contributed by atoms with van der Waals surface area (Å²) in [6.45, 7) is 1.56. The minimum atomic E-state index is -4.50. The number of piperazine rings is 1. The lowest BCUT2D eigenvalue weighted by molar-refractivity contribution is -0.137. The Bertz CT molecular complexity index is 891. The number of rotatable bonds is 2. The molecule has 9 nitrogen and oxygen atoms in total. The number of alkyl halides is 3. The molecule has 2 saturated heterocycles. The number of oxime groups is 1. The molecule has 1 spiro atoms. The van der Waals surface area contributed by atoms with Crippen LogP contribution in [-0.4, -0.2) is 82.5 Å². The van der Waals surface area contributed by atoms with Crippen LogP contribution in [0.15, 0.2) is 23.5 Å². The molecule has 2 amide bonds. The van der Waals surface area contributed by atoms with Gasteiger partial charge in [-0.05, 0) is 12.1 Å². The summed E-state index contributed by atoms with van der Waals surface area (Å²) in [7, 11) is 0. The Morgan fingerprint density at radius 1 is 1.06 bits per heavy atom. The average Bonchev–Trinajstić information content (AvgIpc) is 3.16. The number of pyridine rings is 1. The number of nitrogens with zero attached hydrogens (tertiary/aromatic N) is 5. The van der Waals surface area contributed by atoms with Gasteiger partial charge in [-0.25, -0.2) is 9.78 Å². The third kappa shape index (κ3) is 4.23. The third-order valence-electron chi connectivity index (χ3n) is 5.99. The second-order valence-corrected chi connectivity index (χ2v) is 7.91. The van der Waals surface area contributed by atoms with Crippen molar-refractivity contribution in [2.45, 2.75) is 31.0 Å². The van der Waals surface area contributed by atoms with E-state index < -0.39 is 23.4 Å². The first-order valence-corrected chi connectivity index (χ1v) is 9.98. The van der Waals surface area contributed by atoms with Crippen molar-refractivity contribution in [3.63, 3.8) is 0 Å². The second kappa shape index (κ2) is 7.89. The lowest BCUT2D eigenvalue weighted by Gasteiger charge is -2.37. The summed E-state index contributed by atoms with van der Waals surface area (Å²) in [6, 6.07) is 2.25. The van der Waals surface area contributed by atoms with E-state index in [4.69, 9.17) is 9.94 Å². The minimum Gasteiger partial charge on any atom is -0.465 e. The van der Waals surface area contributed by atoms with Gasteiger partial charge < -0.3 is 24.6 Å². The van der Waals surface area contributed by atoms with Crippen LogP contribution in [0.25, 0.3) is 0 Å². The number of hydrogen-bond acceptors (Lipinski definition) is 6. The van der Waals surface area contributed by atoms with E-state index in [1.54, 1.807) is 4.90 Å². The zero-order chi connectivity index (χ0) is 22.2. The highest BCUT2D eigenvalue weighted by molar-refractivity contribution is 6.39. The van der Waals surface area contributed by atoms with Gasteiger partial charge in [0, 0.05) is 64.7 Å². The van der Waals surface area contributed by atoms with Gasteiger partial charge in [0.15, 0.2) is 0 Å². The van der Waals surface area contributed by atoms with Crippen LogP contribution < -0.4 is 4.90 Å². The first-order chi connectivity index (χ1) is 14.7. The maximum Gasteiger partial charge on any atom is 0.419 e. The molecule has 0 radical (unpaired) electrons. The van der Waals surface area contributed by atoms with Crippen molar-refractivity contribution < 1.29 is 32.7 Å². The van der Waals surface area contributed by atoms with E-state index in [0.717, 1.165) is 6.07 Å². The molecule has 12 heteroatoms. The van der Waals surface area contributed by atoms with Crippen molar-refractivity contribution in [2.75, 3.05) is 44.2 Å². The fraction of sp³-hybridized carbons (Fsp3) is 0.579. The molecule has 0 unspecified atom stereocenters. The van der Waals surface area contributed by atoms with E-state index in [1.165, 1.54) is 22.1 Å². The normalized spacial score (nSPS) is 21.1. The lowest BCUT2D eigenvalue weighted by atomic mass is 9.86. The summed E-state index contributed by atoms with van der Waals surface area (Å²) in [5.41, 5.74) is -1.18. The van der Waals surface area contributed by atoms with Crippen molar-refractivity contribution in [1.29, 1.82) is 0 Å². The fourth-order valence-electron chi connectivity index (χ4n) is 4.18. The van der Waals surface area contributed by atoms with Crippen LogP contribution in [0.4, 0.5) is 23.8 Å². The SMILES string of the molecule is O=C(O)N1CCC2(CC1)CC(C(=O)N1CCN(c3ncccc3C(F)(F)F)CC1)=NO2. The number of halogens is 3. The first kappa shape index (κ1) is 21.2. The molecule has 1 N–H and O–H groups in total. The maximum absolute atomic E-state index is 13.3. The third-order valence-corrected chi connectivity index (χ3v) is 5.99. The van der Waals surface area contributed by atoms with Crippen LogP contribution in [0.5, 0.6) is 0 Å². The molecule has 0 aromatic carbocycles. The predicted octanol–water partition coefficient (Wildman–Crippen LogP) is 2.04. The summed E-state index contributed by atoms with van der Waals surface area (Å²) in [5, 5.41) is 13.0. The highest BCUT2D eigenvalue weighted by Gasteiger charge is 2.45. The van der Waals surface area contributed by atoms with Crippen LogP contribution in [0, 0.1) is 0 Å². The Balaban J connectivity index is 1.34. The molecule has 0 atom stereocenters. The molecule has 0 saturated carbocycles. The molecule has 3 aliphatic rings. The number of amides is 2. The molecule has 0 bridgehead atoms. The molecule has 4 heterocycles. The number of hydrogen-bond donors (Lipinski definition) is 1. The standard InChI is InChI=1S/C19H22F3N5O4/c20-19(21,22)13-2-1-5-23-15(13)25-8-10-26(11-9-25)16(28)14-12-18(31-24-14)3-6-27(7-4-18)17(29)30/h1-2,5H,3-4,6-12H2,(H,29,30). The van der Waals surface area contributed by atoms with Gasteiger partial charge >= 0.3 is 12.3 Å². The number of carbonyl (C=O) groups excluding carboxylic acids is 1. The number of likely N-dealkylation sites (tertiary alicyclic amines) is 1. The predicted molar refractivity (Wildman–Crippen MR) is 103 cm³/mol. The van der Waals surface area contributed by atoms with Gasteiger partial charge in [0.2, 0.25) is 0 Å². The van der Waals surface area contributed by atoms with Crippen molar-refractivity contribution >= 4 is 23.5 Å². The van der Waals surface area contributed by atoms with Gasteiger partial charge in [0.1, 0.15) is 17.1 Å². The summed E-state index contributed by atoms with van der Waals surface area (Å²) in [6.07, 6.45) is -2.96. The van der Waals surface area contributed by atoms with E-state index in [-0.39, 0.29) is 43.6 Å². The molecule has 1 aromatic heterocycles. The Hall–Kier alpha value is -3.05. The number of anilines is 1. The molecule has 168 valence electrons. The van der Waals surface area contributed by atoms with Crippen LogP contribution in [-0.2, 0) is 15.8 Å². The molecular formula is C19H22F3N5O4. The molecule has 0 aliphatic carbocycles. The number of aromatic nitrogens is 1. The molecule has 3 aliphatic heterocycles. The zero-order valence-corrected chi connectivity index (χ0v) is 16.6. The minimum absolute atomic E-state index is 0.132. The topological polar surface area (TPSA) is 98.6 Å². The van der Waals surface area contributed by atoms with Crippen LogP contribution in [0.3, 0.4) is 0 Å². The zero-order valence-electron chi connectivity index (χ0n) is 16.6. The Labute approximate surface area is 176 Å². The molecule has 4 rings (SSSR count). The van der Waals surface area contributed by atoms with Crippen molar-refractivity contribution in [2.24, 2.45) is 5.16 Å². The Kier molecular flexibility index (Phi) is 5.40. The number of carboxylic acid groups (broad SMARTS) is 1. The van der Waals surface area contributed by atoms with Crippen molar-refractivity contribution in [3.05, 3.63) is 23.9 Å². The summed E-state index contributed by atoms with van der Waals surface area (Å²) in [5.74, 6) is -0.429. The quantitative estimate of drug-likeness (QED) is 0.754. The second-order valence-electron chi connectivity index (χ2n) is 7.91. The van der Waals surface area contributed by atoms with Crippen molar-refractivity contribution in [1.82, 2.24) is 14.8 Å². The van der Waals surface area contributed by atoms with E-state index >= 15 is 0 Å². The van der Waals surface area contributed by atoms with Gasteiger partial charge in [-0.2, -0.15) is 13.2 Å². The molecular weight excluding hydrogens is 419 g/mol. The van der Waals surface area contributed by atoms with Gasteiger partial charge in [0.05, 0.1) is 5.56 Å². The van der Waals surface area contributed by atoms with E-state index in [9.17, 15) is 22.8 Å². The monoisotopic (exact) mass is 441 g/mol. The highest BCUT2D eigenvalue weighted by Crippen LogP contribution is 2.36. The number of carbonyl (C=O) groups is 2. The summed E-state index contributed by atoms with van der Waals surface area (Å²) in [4.78, 5) is 37.8. The summed E-state index contributed by atoms with van der Waals surface area (Å²) < 4.78 is 39.8. The lowest BCUT2D eigenvalue weighted by Crippen LogP contribution is -2.52. The van der Waals surface area contributed by atoms with Crippen LogP contribution in [0.1, 0.15) is 24.8 Å². The van der Waals surface area contributed by atoms with Gasteiger partial charge in [0.25, 0.3) is 5.91 Å². The Morgan fingerprint density at radius 2 is 1.74 bits per heavy atom. The average molecular weight is 441 g/mol. The largest absolute Gasteiger partial charge is 0.465 e. The smallest absolute Gasteiger partial charge is 0.419 e. The first-order valence-electron chi connectivity index (χ1n) is 9.98. The Morgan fingerprint density at radius 3 is 2.35 bits per heavy atom. The van der Waals surface area contributed by atoms with E-state index in [2.05, 4.69) is 10.1 Å². The number of piperidine rings is 1. The molecule has 1 aromatic rings. The molecule has 2 fully saturated rings. The highest BCUT2D eigenvalue weighted by atomic mass is 19.4. The van der Waals surface area contributed by atoms with Gasteiger partial charge in [-0.3, -0.25) is 4.79 Å². The van der Waals surface area contributed by atoms with Gasteiger partial charge in [-0.15, -0.1) is 0 Å². The van der Waals surface area contributed by atoms with E-state index in [1.807, 2.05) is 0 Å².